The fourth-order valence-corrected chi connectivity index (χ4v) is 7.79. The van der Waals surface area contributed by atoms with Crippen LogP contribution in [-0.4, -0.2) is 37.2 Å². The van der Waals surface area contributed by atoms with E-state index in [0.717, 1.165) is 103 Å². The zero-order chi connectivity index (χ0) is 55.7. The first-order chi connectivity index (χ1) is 38.0. The number of carbonyl (C=O) groups excluding carboxylic acids is 3. The van der Waals surface area contributed by atoms with Gasteiger partial charge < -0.3 is 14.2 Å². The SMILES string of the molecule is CC/C=C\C/C=C\C/C=C\C/C=C\C/C=C\CCCCCCCCCCCCCCCCCC(=O)OCC(COC(=O)CC/C=C\C/C=C\C/C=C\C/C=C\CC)OC(=O)C/C=C\C/C=C\C/C=C\C/C=C\C/C=C\CC. The minimum Gasteiger partial charge on any atom is -0.462 e. The molecule has 77 heavy (non-hydrogen) atoms. The summed E-state index contributed by atoms with van der Waals surface area (Å²) >= 11 is 0. The first-order valence-electron chi connectivity index (χ1n) is 30.6. The van der Waals surface area contributed by atoms with Gasteiger partial charge in [-0.1, -0.05) is 274 Å². The monoisotopic (exact) mass is 1060 g/mol. The smallest absolute Gasteiger partial charge is 0.310 e. The number of carbonyl (C=O) groups is 3. The lowest BCUT2D eigenvalue weighted by molar-refractivity contribution is -0.166. The third kappa shape index (κ3) is 61.5. The van der Waals surface area contributed by atoms with E-state index in [0.29, 0.717) is 19.3 Å². The second-order valence-corrected chi connectivity index (χ2v) is 19.5. The van der Waals surface area contributed by atoms with Crippen LogP contribution in [0.5, 0.6) is 0 Å². The molecule has 0 amide bonds. The quantitative estimate of drug-likeness (QED) is 0.0261. The van der Waals surface area contributed by atoms with Crippen molar-refractivity contribution >= 4 is 17.9 Å². The molecule has 0 aliphatic carbocycles. The second-order valence-electron chi connectivity index (χ2n) is 19.5. The predicted octanol–water partition coefficient (Wildman–Crippen LogP) is 21.1. The van der Waals surface area contributed by atoms with Gasteiger partial charge in [-0.15, -0.1) is 0 Å². The first kappa shape index (κ1) is 71.8. The molecule has 0 aliphatic heterocycles. The number of ether oxygens (including phenoxy) is 3. The summed E-state index contributed by atoms with van der Waals surface area (Å²) in [4.78, 5) is 38.1. The Morgan fingerprint density at radius 1 is 0.273 bits per heavy atom. The van der Waals surface area contributed by atoms with Gasteiger partial charge in [-0.05, 0) is 116 Å². The number of hydrogen-bond donors (Lipinski definition) is 0. The Hall–Kier alpha value is -5.23. The average Bonchev–Trinajstić information content (AvgIpc) is 3.43. The van der Waals surface area contributed by atoms with Crippen molar-refractivity contribution < 1.29 is 28.6 Å². The van der Waals surface area contributed by atoms with Gasteiger partial charge in [0.05, 0.1) is 6.42 Å². The largest absolute Gasteiger partial charge is 0.462 e. The van der Waals surface area contributed by atoms with E-state index in [1.54, 1.807) is 6.08 Å². The van der Waals surface area contributed by atoms with Crippen molar-refractivity contribution in [2.24, 2.45) is 0 Å². The highest BCUT2D eigenvalue weighted by atomic mass is 16.6. The van der Waals surface area contributed by atoms with Gasteiger partial charge >= 0.3 is 17.9 Å². The third-order valence-corrected chi connectivity index (χ3v) is 12.2. The van der Waals surface area contributed by atoms with Gasteiger partial charge in [0.1, 0.15) is 13.2 Å². The molecule has 0 saturated heterocycles. The van der Waals surface area contributed by atoms with Crippen molar-refractivity contribution in [1.29, 1.82) is 0 Å². The van der Waals surface area contributed by atoms with E-state index in [1.165, 1.54) is 83.5 Å². The van der Waals surface area contributed by atoms with E-state index in [1.807, 2.05) is 18.2 Å². The Bertz CT molecular complexity index is 1790. The molecule has 0 aliphatic rings. The van der Waals surface area contributed by atoms with Crippen LogP contribution in [0.15, 0.2) is 170 Å². The van der Waals surface area contributed by atoms with Crippen LogP contribution in [0.2, 0.25) is 0 Å². The Morgan fingerprint density at radius 3 is 0.870 bits per heavy atom. The molecule has 1 atom stereocenters. The minimum absolute atomic E-state index is 0.0755. The minimum atomic E-state index is -0.869. The summed E-state index contributed by atoms with van der Waals surface area (Å²) in [6.07, 6.45) is 94.1. The fraction of sp³-hybridized carbons (Fsp3) is 0.563. The first-order valence-corrected chi connectivity index (χ1v) is 30.6. The van der Waals surface area contributed by atoms with Crippen molar-refractivity contribution in [3.8, 4) is 0 Å². The number of rotatable bonds is 53. The lowest BCUT2D eigenvalue weighted by Crippen LogP contribution is -2.30. The lowest BCUT2D eigenvalue weighted by Gasteiger charge is -2.18. The molecular weight excluding hydrogens is 949 g/mol. The molecule has 430 valence electrons. The maximum atomic E-state index is 12.8. The molecule has 0 fully saturated rings. The highest BCUT2D eigenvalue weighted by molar-refractivity contribution is 5.72. The molecule has 0 saturated carbocycles. The molecular formula is C71H110O6. The summed E-state index contributed by atoms with van der Waals surface area (Å²) in [5, 5.41) is 0. The third-order valence-electron chi connectivity index (χ3n) is 12.2. The van der Waals surface area contributed by atoms with Crippen molar-refractivity contribution in [1.82, 2.24) is 0 Å². The van der Waals surface area contributed by atoms with Crippen molar-refractivity contribution in [2.45, 2.75) is 245 Å². The molecule has 0 rings (SSSR count). The van der Waals surface area contributed by atoms with Crippen molar-refractivity contribution in [3.05, 3.63) is 170 Å². The number of esters is 3. The van der Waals surface area contributed by atoms with Crippen molar-refractivity contribution in [3.63, 3.8) is 0 Å². The van der Waals surface area contributed by atoms with Gasteiger partial charge in [0.15, 0.2) is 6.10 Å². The lowest BCUT2D eigenvalue weighted by atomic mass is 10.0. The van der Waals surface area contributed by atoms with Crippen LogP contribution < -0.4 is 0 Å². The topological polar surface area (TPSA) is 78.9 Å². The van der Waals surface area contributed by atoms with E-state index < -0.39 is 12.1 Å². The fourth-order valence-electron chi connectivity index (χ4n) is 7.79. The second kappa shape index (κ2) is 63.3. The van der Waals surface area contributed by atoms with Crippen LogP contribution in [-0.2, 0) is 28.6 Å². The molecule has 0 aromatic carbocycles. The molecule has 6 heteroatoms. The maximum absolute atomic E-state index is 12.8. The summed E-state index contributed by atoms with van der Waals surface area (Å²) in [6, 6.07) is 0. The van der Waals surface area contributed by atoms with E-state index in [2.05, 4.69) is 167 Å². The normalized spacial score (nSPS) is 13.3. The molecule has 0 heterocycles. The van der Waals surface area contributed by atoms with Crippen molar-refractivity contribution in [2.75, 3.05) is 13.2 Å². The molecule has 6 nitrogen and oxygen atoms in total. The molecule has 0 aromatic rings. The number of allylic oxidation sites excluding steroid dienone is 27. The Morgan fingerprint density at radius 2 is 0.532 bits per heavy atom. The van der Waals surface area contributed by atoms with Gasteiger partial charge in [-0.3, -0.25) is 14.4 Å². The van der Waals surface area contributed by atoms with Gasteiger partial charge in [0.2, 0.25) is 0 Å². The molecule has 0 bridgehead atoms. The van der Waals surface area contributed by atoms with Crippen LogP contribution >= 0.6 is 0 Å². The Labute approximate surface area is 472 Å². The van der Waals surface area contributed by atoms with Crippen LogP contribution in [0.1, 0.15) is 239 Å². The molecule has 0 N–H and O–H groups in total. The highest BCUT2D eigenvalue weighted by Gasteiger charge is 2.19. The number of hydrogen-bond acceptors (Lipinski definition) is 6. The van der Waals surface area contributed by atoms with Gasteiger partial charge in [0, 0.05) is 12.8 Å². The van der Waals surface area contributed by atoms with E-state index in [-0.39, 0.29) is 38.0 Å². The zero-order valence-electron chi connectivity index (χ0n) is 49.1. The van der Waals surface area contributed by atoms with E-state index in [9.17, 15) is 14.4 Å². The maximum Gasteiger partial charge on any atom is 0.310 e. The Kier molecular flexibility index (Phi) is 59.0. The number of unbranched alkanes of at least 4 members (excludes halogenated alkanes) is 15. The summed E-state index contributed by atoms with van der Waals surface area (Å²) in [6.45, 7) is 6.13. The van der Waals surface area contributed by atoms with E-state index >= 15 is 0 Å². The molecule has 1 unspecified atom stereocenters. The van der Waals surface area contributed by atoms with Crippen LogP contribution in [0, 0.1) is 0 Å². The average molecular weight is 1060 g/mol. The summed E-state index contributed by atoms with van der Waals surface area (Å²) in [7, 11) is 0. The zero-order valence-corrected chi connectivity index (χ0v) is 49.1. The standard InChI is InChI=1S/C71H110O6/c1-4-7-10-13-16-19-22-25-27-28-29-30-31-32-33-34-35-36-37-38-39-40-41-42-44-46-49-52-55-58-61-64-70(73)76-67-68(66-75-69(72)63-60-57-54-51-48-45-24-21-18-15-12-9-6-3)77-71(74)65-62-59-56-53-50-47-43-26-23-20-17-14-11-8-5-2/h7-12,16-21,25-27,29-30,32-33,43,45,48,50,53-54,57,59,62,68H,4-6,13-15,22-24,28,31,34-42,44,46-47,49,51-52,55-56,58,60-61,63-67H2,1-3H3/b10-7-,11-8-,12-9-,19-16-,20-17-,21-18-,27-25-,30-29-,33-32-,43-26-,48-45-,53-50-,57-54-,62-59-. The molecule has 0 radical (unpaired) electrons. The summed E-state index contributed by atoms with van der Waals surface area (Å²) in [5.74, 6) is -1.17. The summed E-state index contributed by atoms with van der Waals surface area (Å²) < 4.78 is 16.7. The van der Waals surface area contributed by atoms with Gasteiger partial charge in [-0.25, -0.2) is 0 Å². The molecule has 0 spiro atoms. The predicted molar refractivity (Wildman–Crippen MR) is 334 cm³/mol. The van der Waals surface area contributed by atoms with Crippen LogP contribution in [0.3, 0.4) is 0 Å². The van der Waals surface area contributed by atoms with Crippen LogP contribution in [0.4, 0.5) is 0 Å². The van der Waals surface area contributed by atoms with Gasteiger partial charge in [0.25, 0.3) is 0 Å². The molecule has 0 aromatic heterocycles. The summed E-state index contributed by atoms with van der Waals surface area (Å²) in [5.41, 5.74) is 0. The van der Waals surface area contributed by atoms with E-state index in [4.69, 9.17) is 14.2 Å². The highest BCUT2D eigenvalue weighted by Crippen LogP contribution is 2.15. The van der Waals surface area contributed by atoms with Crippen LogP contribution in [0.25, 0.3) is 0 Å². The Balaban J connectivity index is 4.33. The van der Waals surface area contributed by atoms with Gasteiger partial charge in [-0.2, -0.15) is 0 Å².